The molecule has 0 aromatic heterocycles. The van der Waals surface area contributed by atoms with Crippen LogP contribution in [0.4, 0.5) is 5.69 Å². The van der Waals surface area contributed by atoms with Gasteiger partial charge < -0.3 is 5.73 Å². The minimum atomic E-state index is 0.164. The van der Waals surface area contributed by atoms with E-state index < -0.39 is 0 Å². The Bertz CT molecular complexity index is 381. The Kier molecular flexibility index (Phi) is 5.98. The lowest BCUT2D eigenvalue weighted by Gasteiger charge is -2.03. The Morgan fingerprint density at radius 1 is 1.29 bits per heavy atom. The van der Waals surface area contributed by atoms with Crippen LogP contribution in [0, 0.1) is 0 Å². The number of hydrogen-bond donors (Lipinski definition) is 1. The maximum absolute atomic E-state index is 11.9. The molecule has 17 heavy (non-hydrogen) atoms. The van der Waals surface area contributed by atoms with E-state index in [9.17, 15) is 4.79 Å². The van der Waals surface area contributed by atoms with Crippen molar-refractivity contribution in [3.8, 4) is 0 Å². The molecular weight excluding hydrogens is 278 g/mol. The van der Waals surface area contributed by atoms with Gasteiger partial charge in [0.1, 0.15) is 0 Å². The van der Waals surface area contributed by atoms with Gasteiger partial charge in [0.15, 0.2) is 5.78 Å². The smallest absolute Gasteiger partial charge is 0.162 e. The Hall–Kier alpha value is -1.09. The molecule has 0 radical (unpaired) electrons. The van der Waals surface area contributed by atoms with Crippen LogP contribution < -0.4 is 5.73 Å². The van der Waals surface area contributed by atoms with Crippen LogP contribution in [-0.2, 0) is 0 Å². The fraction of sp³-hybridized carbons (Fsp3) is 0.357. The van der Waals surface area contributed by atoms with Crippen LogP contribution in [0.5, 0.6) is 0 Å². The van der Waals surface area contributed by atoms with Gasteiger partial charge in [-0.05, 0) is 37.5 Å². The molecule has 0 atom stereocenters. The van der Waals surface area contributed by atoms with Crippen LogP contribution in [0.3, 0.4) is 0 Å². The molecule has 0 amide bonds. The van der Waals surface area contributed by atoms with Crippen LogP contribution in [0.2, 0.25) is 0 Å². The maximum Gasteiger partial charge on any atom is 0.162 e. The molecule has 0 unspecified atom stereocenters. The average Bonchev–Trinajstić information content (AvgIpc) is 2.27. The predicted molar refractivity (Wildman–Crippen MR) is 76.2 cm³/mol. The Morgan fingerprint density at radius 2 is 2.06 bits per heavy atom. The Morgan fingerprint density at radius 3 is 2.71 bits per heavy atom. The van der Waals surface area contributed by atoms with E-state index in [1.807, 2.05) is 12.1 Å². The topological polar surface area (TPSA) is 43.1 Å². The van der Waals surface area contributed by atoms with Crippen molar-refractivity contribution in [2.24, 2.45) is 0 Å². The fourth-order valence-corrected chi connectivity index (χ4v) is 2.18. The lowest BCUT2D eigenvalue weighted by Crippen LogP contribution is -2.00. The number of carbonyl (C=O) groups excluding carboxylic acids is 1. The van der Waals surface area contributed by atoms with E-state index in [2.05, 4.69) is 22.5 Å². The normalized spacial score (nSPS) is 10.2. The molecule has 92 valence electrons. The largest absolute Gasteiger partial charge is 0.399 e. The first-order chi connectivity index (χ1) is 8.13. The zero-order valence-electron chi connectivity index (χ0n) is 9.92. The summed E-state index contributed by atoms with van der Waals surface area (Å²) in [4.78, 5) is 11.9. The number of benzene rings is 1. The van der Waals surface area contributed by atoms with Crippen molar-refractivity contribution in [3.05, 3.63) is 40.9 Å². The molecule has 0 aliphatic rings. The molecule has 1 rings (SSSR count). The van der Waals surface area contributed by atoms with Crippen LogP contribution in [0.25, 0.3) is 0 Å². The summed E-state index contributed by atoms with van der Waals surface area (Å²) in [5.74, 6) is 0.164. The molecule has 1 aromatic rings. The second kappa shape index (κ2) is 7.28. The summed E-state index contributed by atoms with van der Waals surface area (Å²) >= 11 is 3.34. The third-order valence-corrected chi connectivity index (χ3v) is 3.01. The summed E-state index contributed by atoms with van der Waals surface area (Å²) in [6.45, 7) is 3.67. The maximum atomic E-state index is 11.9. The quantitative estimate of drug-likeness (QED) is 0.352. The highest BCUT2D eigenvalue weighted by molar-refractivity contribution is 9.10. The zero-order valence-corrected chi connectivity index (χ0v) is 11.5. The van der Waals surface area contributed by atoms with E-state index in [1.165, 1.54) is 0 Å². The number of carbonyl (C=O) groups is 1. The number of ketones is 1. The van der Waals surface area contributed by atoms with E-state index in [1.54, 1.807) is 12.1 Å². The number of hydrogen-bond acceptors (Lipinski definition) is 2. The standard InChI is InChI=1S/C14H18BrNO/c1-2-3-4-5-6-7-14(17)11-8-12(15)10-13(16)9-11/h2,8-10H,1,3-7,16H2. The molecule has 0 fully saturated rings. The highest BCUT2D eigenvalue weighted by Gasteiger charge is 2.07. The summed E-state index contributed by atoms with van der Waals surface area (Å²) in [5, 5.41) is 0. The van der Waals surface area contributed by atoms with Crippen LogP contribution >= 0.6 is 15.9 Å². The molecule has 0 aliphatic carbocycles. The monoisotopic (exact) mass is 295 g/mol. The summed E-state index contributed by atoms with van der Waals surface area (Å²) in [5.41, 5.74) is 7.01. The molecule has 1 aromatic carbocycles. The molecule has 2 N–H and O–H groups in total. The molecule has 0 saturated heterocycles. The van der Waals surface area contributed by atoms with Gasteiger partial charge in [0.05, 0.1) is 0 Å². The third kappa shape index (κ3) is 5.18. The highest BCUT2D eigenvalue weighted by Crippen LogP contribution is 2.19. The SMILES string of the molecule is C=CCCCCCC(=O)c1cc(N)cc(Br)c1. The van der Waals surface area contributed by atoms with Gasteiger partial charge in [-0.3, -0.25) is 4.79 Å². The number of Topliss-reactive ketones (excluding diaryl/α,β-unsaturated/α-hetero) is 1. The Labute approximate surface area is 111 Å². The first-order valence-corrected chi connectivity index (χ1v) is 6.63. The summed E-state index contributed by atoms with van der Waals surface area (Å²) in [7, 11) is 0. The Balaban J connectivity index is 2.44. The van der Waals surface area contributed by atoms with E-state index in [0.717, 1.165) is 30.2 Å². The first-order valence-electron chi connectivity index (χ1n) is 5.83. The number of nitrogen functional groups attached to an aromatic ring is 1. The number of halogens is 1. The lowest BCUT2D eigenvalue weighted by molar-refractivity contribution is 0.0979. The minimum Gasteiger partial charge on any atom is -0.399 e. The average molecular weight is 296 g/mol. The van der Waals surface area contributed by atoms with E-state index in [-0.39, 0.29) is 5.78 Å². The predicted octanol–water partition coefficient (Wildman–Crippen LogP) is 4.35. The number of unbranched alkanes of at least 4 members (excludes halogenated alkanes) is 3. The van der Waals surface area contributed by atoms with Crippen molar-refractivity contribution in [3.63, 3.8) is 0 Å². The van der Waals surface area contributed by atoms with Crippen molar-refractivity contribution >= 4 is 27.4 Å². The van der Waals surface area contributed by atoms with Crippen LogP contribution in [-0.4, -0.2) is 5.78 Å². The molecule has 0 aliphatic heterocycles. The van der Waals surface area contributed by atoms with Gasteiger partial charge in [0.25, 0.3) is 0 Å². The van der Waals surface area contributed by atoms with Gasteiger partial charge in [0.2, 0.25) is 0 Å². The van der Waals surface area contributed by atoms with Crippen molar-refractivity contribution in [2.75, 3.05) is 5.73 Å². The zero-order chi connectivity index (χ0) is 12.7. The van der Waals surface area contributed by atoms with Crippen molar-refractivity contribution in [1.29, 1.82) is 0 Å². The lowest BCUT2D eigenvalue weighted by atomic mass is 10.0. The molecule has 2 nitrogen and oxygen atoms in total. The van der Waals surface area contributed by atoms with Gasteiger partial charge in [-0.15, -0.1) is 6.58 Å². The number of rotatable bonds is 7. The summed E-state index contributed by atoms with van der Waals surface area (Å²) in [6, 6.07) is 5.35. The first kappa shape index (κ1) is 14.0. The summed E-state index contributed by atoms with van der Waals surface area (Å²) in [6.07, 6.45) is 6.64. The molecule has 0 heterocycles. The molecular formula is C14H18BrNO. The molecule has 0 spiro atoms. The number of allylic oxidation sites excluding steroid dienone is 1. The minimum absolute atomic E-state index is 0.164. The van der Waals surface area contributed by atoms with Crippen molar-refractivity contribution in [1.82, 2.24) is 0 Å². The van der Waals surface area contributed by atoms with Crippen LogP contribution in [0.15, 0.2) is 35.3 Å². The second-order valence-corrected chi connectivity index (χ2v) is 5.00. The van der Waals surface area contributed by atoms with E-state index >= 15 is 0 Å². The summed E-state index contributed by atoms with van der Waals surface area (Å²) < 4.78 is 0.854. The molecule has 0 bridgehead atoms. The van der Waals surface area contributed by atoms with Crippen molar-refractivity contribution < 1.29 is 4.79 Å². The number of nitrogens with two attached hydrogens (primary N) is 1. The van der Waals surface area contributed by atoms with Gasteiger partial charge in [-0.25, -0.2) is 0 Å². The number of anilines is 1. The van der Waals surface area contributed by atoms with Gasteiger partial charge in [-0.2, -0.15) is 0 Å². The van der Waals surface area contributed by atoms with Gasteiger partial charge >= 0.3 is 0 Å². The van der Waals surface area contributed by atoms with Gasteiger partial charge in [0, 0.05) is 22.1 Å². The van der Waals surface area contributed by atoms with E-state index in [4.69, 9.17) is 5.73 Å². The molecule has 3 heteroatoms. The van der Waals surface area contributed by atoms with Gasteiger partial charge in [-0.1, -0.05) is 28.4 Å². The van der Waals surface area contributed by atoms with Crippen LogP contribution in [0.1, 0.15) is 42.5 Å². The van der Waals surface area contributed by atoms with Crippen molar-refractivity contribution in [2.45, 2.75) is 32.1 Å². The molecule has 0 saturated carbocycles. The third-order valence-electron chi connectivity index (χ3n) is 2.55. The second-order valence-electron chi connectivity index (χ2n) is 4.08. The fourth-order valence-electron chi connectivity index (χ4n) is 1.67. The van der Waals surface area contributed by atoms with E-state index in [0.29, 0.717) is 17.7 Å². The highest BCUT2D eigenvalue weighted by atomic mass is 79.9.